The number of amides is 1. The maximum absolute atomic E-state index is 12.8. The van der Waals surface area contributed by atoms with Crippen LogP contribution in [0.1, 0.15) is 25.5 Å². The zero-order chi connectivity index (χ0) is 19.0. The second-order valence-electron chi connectivity index (χ2n) is 7.28. The third kappa shape index (κ3) is 3.99. The number of benzene rings is 1. The van der Waals surface area contributed by atoms with E-state index in [4.69, 9.17) is 4.52 Å². The molecule has 2 aromatic rings. The van der Waals surface area contributed by atoms with E-state index in [1.54, 1.807) is 6.07 Å². The molecule has 1 N–H and O–H groups in total. The number of para-hydroxylation sites is 1. The highest BCUT2D eigenvalue weighted by molar-refractivity contribution is 7.88. The summed E-state index contributed by atoms with van der Waals surface area (Å²) >= 11 is 0. The van der Waals surface area contributed by atoms with Crippen molar-refractivity contribution in [3.63, 3.8) is 0 Å². The Hall–Kier alpha value is -1.97. The molecule has 8 nitrogen and oxygen atoms in total. The molecule has 1 aliphatic heterocycles. The summed E-state index contributed by atoms with van der Waals surface area (Å²) in [6, 6.07) is 7.34. The van der Waals surface area contributed by atoms with Gasteiger partial charge in [-0.2, -0.15) is 4.31 Å². The first kappa shape index (κ1) is 18.4. The van der Waals surface area contributed by atoms with Crippen LogP contribution in [0.25, 0.3) is 11.0 Å². The predicted octanol–water partition coefficient (Wildman–Crippen LogP) is 0.942. The molecule has 0 unspecified atom stereocenters. The monoisotopic (exact) mass is 392 g/mol. The Morgan fingerprint density at radius 3 is 2.67 bits per heavy atom. The van der Waals surface area contributed by atoms with Crippen molar-refractivity contribution in [2.45, 2.75) is 37.6 Å². The summed E-state index contributed by atoms with van der Waals surface area (Å²) in [5, 5.41) is 7.67. The molecule has 0 bridgehead atoms. The Morgan fingerprint density at radius 2 is 1.96 bits per heavy atom. The first-order valence-corrected chi connectivity index (χ1v) is 10.9. The van der Waals surface area contributed by atoms with Crippen LogP contribution in [0.4, 0.5) is 0 Å². The summed E-state index contributed by atoms with van der Waals surface area (Å²) in [6.45, 7) is 3.71. The molecular weight excluding hydrogens is 368 g/mol. The molecule has 1 amide bonds. The van der Waals surface area contributed by atoms with E-state index in [0.29, 0.717) is 43.5 Å². The third-order valence-electron chi connectivity index (χ3n) is 5.29. The lowest BCUT2D eigenvalue weighted by molar-refractivity contribution is -0.126. The van der Waals surface area contributed by atoms with Crippen LogP contribution in [0.3, 0.4) is 0 Å². The highest BCUT2D eigenvalue weighted by Gasteiger charge is 2.33. The summed E-state index contributed by atoms with van der Waals surface area (Å²) in [4.78, 5) is 14.2. The Labute approximate surface area is 158 Å². The fourth-order valence-electron chi connectivity index (χ4n) is 3.39. The Bertz CT molecular complexity index is 930. The predicted molar refractivity (Wildman–Crippen MR) is 100 cm³/mol. The first-order chi connectivity index (χ1) is 12.9. The molecule has 1 aromatic heterocycles. The minimum Gasteiger partial charge on any atom is -0.356 e. The third-order valence-corrected chi connectivity index (χ3v) is 7.08. The maximum atomic E-state index is 12.8. The van der Waals surface area contributed by atoms with Gasteiger partial charge in [-0.05, 0) is 31.9 Å². The van der Waals surface area contributed by atoms with E-state index < -0.39 is 10.0 Å². The van der Waals surface area contributed by atoms with Gasteiger partial charge in [-0.1, -0.05) is 17.3 Å². The Kier molecular flexibility index (Phi) is 4.92. The second kappa shape index (κ2) is 7.21. The van der Waals surface area contributed by atoms with E-state index >= 15 is 0 Å². The van der Waals surface area contributed by atoms with Gasteiger partial charge in [0.05, 0.1) is 6.04 Å². The molecule has 1 aliphatic carbocycles. The largest absolute Gasteiger partial charge is 0.356 e. The number of hydrogen-bond acceptors (Lipinski definition) is 6. The first-order valence-electron chi connectivity index (χ1n) is 9.29. The van der Waals surface area contributed by atoms with E-state index in [1.807, 2.05) is 30.0 Å². The average molecular weight is 392 g/mol. The van der Waals surface area contributed by atoms with Crippen molar-refractivity contribution >= 4 is 26.9 Å². The molecule has 0 radical (unpaired) electrons. The van der Waals surface area contributed by atoms with Crippen LogP contribution in [-0.4, -0.2) is 66.9 Å². The molecule has 0 spiro atoms. The normalized spacial score (nSPS) is 20.6. The van der Waals surface area contributed by atoms with Gasteiger partial charge in [0.25, 0.3) is 0 Å². The van der Waals surface area contributed by atoms with Crippen molar-refractivity contribution in [1.29, 1.82) is 0 Å². The number of sulfonamides is 1. The van der Waals surface area contributed by atoms with Crippen LogP contribution in [0, 0.1) is 0 Å². The van der Waals surface area contributed by atoms with Crippen LogP contribution in [0.5, 0.6) is 0 Å². The summed E-state index contributed by atoms with van der Waals surface area (Å²) in [7, 11) is -3.49. The molecule has 27 heavy (non-hydrogen) atoms. The van der Waals surface area contributed by atoms with Crippen LogP contribution in [-0.2, 0) is 20.6 Å². The number of hydrogen-bond donors (Lipinski definition) is 1. The van der Waals surface area contributed by atoms with Gasteiger partial charge in [0, 0.05) is 37.6 Å². The van der Waals surface area contributed by atoms with Gasteiger partial charge >= 0.3 is 0 Å². The van der Waals surface area contributed by atoms with E-state index in [-0.39, 0.29) is 17.7 Å². The molecule has 1 saturated heterocycles. The van der Waals surface area contributed by atoms with Gasteiger partial charge in [-0.3, -0.25) is 9.69 Å². The molecule has 2 aliphatic rings. The molecule has 146 valence electrons. The molecule has 4 rings (SSSR count). The summed E-state index contributed by atoms with van der Waals surface area (Å²) < 4.78 is 32.3. The lowest BCUT2D eigenvalue weighted by Gasteiger charge is -2.36. The van der Waals surface area contributed by atoms with E-state index in [0.717, 1.165) is 18.2 Å². The zero-order valence-electron chi connectivity index (χ0n) is 15.3. The van der Waals surface area contributed by atoms with Gasteiger partial charge in [0.15, 0.2) is 5.58 Å². The fourth-order valence-corrected chi connectivity index (χ4v) is 4.85. The lowest BCUT2D eigenvalue weighted by Crippen LogP contribution is -2.55. The zero-order valence-corrected chi connectivity index (χ0v) is 16.1. The number of carbonyl (C=O) groups excluding carboxylic acids is 1. The maximum Gasteiger partial charge on any atom is 0.237 e. The Morgan fingerprint density at radius 1 is 1.26 bits per heavy atom. The fraction of sp³-hybridized carbons (Fsp3) is 0.556. The van der Waals surface area contributed by atoms with Crippen molar-refractivity contribution in [1.82, 2.24) is 19.7 Å². The SMILES string of the molecule is C[C@H](C(=O)NC1CC1)N1CCN(S(=O)(=O)Cc2noc3ccccc23)CC1. The topological polar surface area (TPSA) is 95.8 Å². The van der Waals surface area contributed by atoms with Gasteiger partial charge in [0.1, 0.15) is 11.4 Å². The molecule has 2 fully saturated rings. The molecular formula is C18H24N4O4S. The van der Waals surface area contributed by atoms with Crippen molar-refractivity contribution in [3.05, 3.63) is 30.0 Å². The van der Waals surface area contributed by atoms with Crippen molar-refractivity contribution < 1.29 is 17.7 Å². The number of piperazine rings is 1. The van der Waals surface area contributed by atoms with E-state index in [1.165, 1.54) is 4.31 Å². The molecule has 1 atom stereocenters. The minimum absolute atomic E-state index is 0.0304. The minimum atomic E-state index is -3.49. The van der Waals surface area contributed by atoms with Gasteiger partial charge < -0.3 is 9.84 Å². The van der Waals surface area contributed by atoms with E-state index in [9.17, 15) is 13.2 Å². The smallest absolute Gasteiger partial charge is 0.237 e. The molecule has 1 saturated carbocycles. The number of nitrogens with zero attached hydrogens (tertiary/aromatic N) is 3. The second-order valence-corrected chi connectivity index (χ2v) is 9.24. The average Bonchev–Trinajstić information content (AvgIpc) is 3.40. The van der Waals surface area contributed by atoms with Gasteiger partial charge in [-0.15, -0.1) is 0 Å². The van der Waals surface area contributed by atoms with Crippen LogP contribution in [0.15, 0.2) is 28.8 Å². The highest BCUT2D eigenvalue weighted by atomic mass is 32.2. The van der Waals surface area contributed by atoms with Crippen LogP contribution < -0.4 is 5.32 Å². The van der Waals surface area contributed by atoms with Crippen LogP contribution in [0.2, 0.25) is 0 Å². The van der Waals surface area contributed by atoms with Crippen molar-refractivity contribution in [2.24, 2.45) is 0 Å². The number of fused-ring (bicyclic) bond motifs is 1. The van der Waals surface area contributed by atoms with Crippen LogP contribution >= 0.6 is 0 Å². The molecule has 9 heteroatoms. The number of rotatable bonds is 6. The summed E-state index contributed by atoms with van der Waals surface area (Å²) in [6.07, 6.45) is 2.11. The molecule has 2 heterocycles. The van der Waals surface area contributed by atoms with Gasteiger partial charge in [0.2, 0.25) is 15.9 Å². The quantitative estimate of drug-likeness (QED) is 0.786. The highest BCUT2D eigenvalue weighted by Crippen LogP contribution is 2.22. The van der Waals surface area contributed by atoms with Crippen molar-refractivity contribution in [2.75, 3.05) is 26.2 Å². The summed E-state index contributed by atoms with van der Waals surface area (Å²) in [5.74, 6) is -0.148. The Balaban J connectivity index is 1.37. The lowest BCUT2D eigenvalue weighted by atomic mass is 10.2. The van der Waals surface area contributed by atoms with E-state index in [2.05, 4.69) is 10.5 Å². The van der Waals surface area contributed by atoms with Gasteiger partial charge in [-0.25, -0.2) is 8.42 Å². The van der Waals surface area contributed by atoms with Crippen molar-refractivity contribution in [3.8, 4) is 0 Å². The molecule has 1 aromatic carbocycles. The standard InChI is InChI=1S/C18H24N4O4S/c1-13(18(23)19-14-6-7-14)21-8-10-22(11-9-21)27(24,25)12-16-15-4-2-3-5-17(15)26-20-16/h2-5,13-14H,6-12H2,1H3,(H,19,23)/t13-/m1/s1. The number of carbonyl (C=O) groups is 1. The number of nitrogens with one attached hydrogen (secondary N) is 1. The number of aromatic nitrogens is 1. The summed E-state index contributed by atoms with van der Waals surface area (Å²) in [5.41, 5.74) is 1.02.